The summed E-state index contributed by atoms with van der Waals surface area (Å²) in [5, 5.41) is 12.5. The van der Waals surface area contributed by atoms with Crippen molar-refractivity contribution in [2.24, 2.45) is 5.92 Å². The predicted molar refractivity (Wildman–Crippen MR) is 83.6 cm³/mol. The van der Waals surface area contributed by atoms with Gasteiger partial charge in [-0.25, -0.2) is 0 Å². The number of methoxy groups -OCH3 is 1. The summed E-state index contributed by atoms with van der Waals surface area (Å²) >= 11 is 0. The average molecular weight is 285 g/mol. The number of phenols is 1. The number of anilines is 2. The Morgan fingerprint density at radius 1 is 1.14 bits per heavy atom. The fraction of sp³-hybridized carbons (Fsp3) is 0.235. The highest BCUT2D eigenvalue weighted by Gasteiger charge is 2.16. The van der Waals surface area contributed by atoms with Crippen LogP contribution < -0.4 is 10.1 Å². The fourth-order valence-corrected chi connectivity index (χ4v) is 1.97. The van der Waals surface area contributed by atoms with Gasteiger partial charge in [0.25, 0.3) is 0 Å². The van der Waals surface area contributed by atoms with Crippen LogP contribution >= 0.6 is 0 Å². The van der Waals surface area contributed by atoms with Crippen molar-refractivity contribution in [3.05, 3.63) is 48.0 Å². The number of carbonyl (C=O) groups is 1. The first kappa shape index (κ1) is 14.9. The Kier molecular flexibility index (Phi) is 4.48. The number of hydrogen-bond donors (Lipinski definition) is 2. The second kappa shape index (κ2) is 6.31. The molecule has 2 rings (SSSR count). The molecule has 21 heavy (non-hydrogen) atoms. The summed E-state index contributed by atoms with van der Waals surface area (Å²) in [5.74, 6) is 0.802. The Labute approximate surface area is 124 Å². The van der Waals surface area contributed by atoms with E-state index in [1.165, 1.54) is 0 Å². The van der Waals surface area contributed by atoms with E-state index in [1.54, 1.807) is 43.5 Å². The number of benzene rings is 2. The Morgan fingerprint density at radius 2 is 1.81 bits per heavy atom. The lowest BCUT2D eigenvalue weighted by molar-refractivity contribution is 0.0940. The molecule has 0 aliphatic carbocycles. The molecule has 4 nitrogen and oxygen atoms in total. The van der Waals surface area contributed by atoms with Gasteiger partial charge in [0, 0.05) is 22.9 Å². The minimum Gasteiger partial charge on any atom is -0.508 e. The number of hydrogen-bond acceptors (Lipinski definition) is 4. The summed E-state index contributed by atoms with van der Waals surface area (Å²) in [4.78, 5) is 12.3. The van der Waals surface area contributed by atoms with Gasteiger partial charge in [-0.2, -0.15) is 0 Å². The highest BCUT2D eigenvalue weighted by Crippen LogP contribution is 2.28. The first-order valence-electron chi connectivity index (χ1n) is 6.79. The molecule has 0 amide bonds. The van der Waals surface area contributed by atoms with Crippen molar-refractivity contribution in [2.45, 2.75) is 13.8 Å². The molecule has 0 saturated carbocycles. The van der Waals surface area contributed by atoms with E-state index in [9.17, 15) is 9.90 Å². The van der Waals surface area contributed by atoms with E-state index in [4.69, 9.17) is 4.74 Å². The van der Waals surface area contributed by atoms with Crippen molar-refractivity contribution >= 4 is 17.2 Å². The molecule has 0 unspecified atom stereocenters. The number of ether oxygens (including phenoxy) is 1. The maximum Gasteiger partial charge on any atom is 0.167 e. The van der Waals surface area contributed by atoms with E-state index in [2.05, 4.69) is 5.32 Å². The van der Waals surface area contributed by atoms with E-state index in [0.717, 1.165) is 11.4 Å². The smallest absolute Gasteiger partial charge is 0.167 e. The first-order valence-corrected chi connectivity index (χ1v) is 6.79. The Bertz CT molecular complexity index is 633. The maximum absolute atomic E-state index is 12.3. The van der Waals surface area contributed by atoms with Crippen LogP contribution in [-0.4, -0.2) is 18.0 Å². The van der Waals surface area contributed by atoms with Gasteiger partial charge in [0.05, 0.1) is 7.11 Å². The molecule has 2 N–H and O–H groups in total. The lowest BCUT2D eigenvalue weighted by Crippen LogP contribution is -2.10. The molecule has 0 fully saturated rings. The van der Waals surface area contributed by atoms with Crippen LogP contribution in [0.5, 0.6) is 11.5 Å². The summed E-state index contributed by atoms with van der Waals surface area (Å²) in [6, 6.07) is 12.1. The van der Waals surface area contributed by atoms with Gasteiger partial charge >= 0.3 is 0 Å². The van der Waals surface area contributed by atoms with Crippen molar-refractivity contribution < 1.29 is 14.6 Å². The van der Waals surface area contributed by atoms with Gasteiger partial charge in [0.1, 0.15) is 11.5 Å². The van der Waals surface area contributed by atoms with Gasteiger partial charge in [0.2, 0.25) is 0 Å². The Morgan fingerprint density at radius 3 is 2.38 bits per heavy atom. The lowest BCUT2D eigenvalue weighted by Gasteiger charge is -2.14. The number of rotatable bonds is 5. The first-order chi connectivity index (χ1) is 10.0. The second-order valence-corrected chi connectivity index (χ2v) is 5.10. The standard InChI is InChI=1S/C17H19NO3/c1-11(2)17(20)15-10-14(21-3)8-9-16(15)18-12-4-6-13(19)7-5-12/h4-11,18-19H,1-3H3. The molecular weight excluding hydrogens is 266 g/mol. The molecule has 0 atom stereocenters. The quantitative estimate of drug-likeness (QED) is 0.644. The minimum atomic E-state index is -0.0996. The van der Waals surface area contributed by atoms with Gasteiger partial charge < -0.3 is 15.2 Å². The monoisotopic (exact) mass is 285 g/mol. The summed E-state index contributed by atoms with van der Waals surface area (Å²) in [6.07, 6.45) is 0. The van der Waals surface area contributed by atoms with Gasteiger partial charge in [-0.05, 0) is 42.5 Å². The molecule has 4 heteroatoms. The number of ketones is 1. The molecule has 0 aliphatic rings. The number of Topliss-reactive ketones (excluding diaryl/α,β-unsaturated/α-hetero) is 1. The summed E-state index contributed by atoms with van der Waals surface area (Å²) < 4.78 is 5.19. The third-order valence-electron chi connectivity index (χ3n) is 3.16. The zero-order valence-corrected chi connectivity index (χ0v) is 12.4. The van der Waals surface area contributed by atoms with Crippen molar-refractivity contribution in [1.82, 2.24) is 0 Å². The molecule has 0 aromatic heterocycles. The largest absolute Gasteiger partial charge is 0.508 e. The fourth-order valence-electron chi connectivity index (χ4n) is 1.97. The number of phenolic OH excluding ortho intramolecular Hbond substituents is 1. The maximum atomic E-state index is 12.3. The highest BCUT2D eigenvalue weighted by molar-refractivity contribution is 6.03. The SMILES string of the molecule is COc1ccc(Nc2ccc(O)cc2)c(C(=O)C(C)C)c1. The minimum absolute atomic E-state index is 0.0511. The van der Waals surface area contributed by atoms with Crippen molar-refractivity contribution in [3.63, 3.8) is 0 Å². The Balaban J connectivity index is 2.37. The summed E-state index contributed by atoms with van der Waals surface area (Å²) in [7, 11) is 1.58. The number of aromatic hydroxyl groups is 1. The van der Waals surface area contributed by atoms with Crippen LogP contribution in [0.1, 0.15) is 24.2 Å². The van der Waals surface area contributed by atoms with E-state index < -0.39 is 0 Å². The van der Waals surface area contributed by atoms with Crippen molar-refractivity contribution in [3.8, 4) is 11.5 Å². The van der Waals surface area contributed by atoms with E-state index in [1.807, 2.05) is 19.9 Å². The predicted octanol–water partition coefficient (Wildman–Crippen LogP) is 3.98. The Hall–Kier alpha value is -2.49. The van der Waals surface area contributed by atoms with Crippen LogP contribution in [-0.2, 0) is 0 Å². The topological polar surface area (TPSA) is 58.6 Å². The molecule has 2 aromatic carbocycles. The molecule has 0 saturated heterocycles. The summed E-state index contributed by atoms with van der Waals surface area (Å²) in [6.45, 7) is 3.73. The third-order valence-corrected chi connectivity index (χ3v) is 3.16. The van der Waals surface area contributed by atoms with Gasteiger partial charge in [-0.1, -0.05) is 13.8 Å². The molecule has 0 aliphatic heterocycles. The zero-order chi connectivity index (χ0) is 15.4. The highest BCUT2D eigenvalue weighted by atomic mass is 16.5. The van der Waals surface area contributed by atoms with Gasteiger partial charge in [0.15, 0.2) is 5.78 Å². The number of carbonyl (C=O) groups excluding carboxylic acids is 1. The molecule has 0 bridgehead atoms. The van der Waals surface area contributed by atoms with Crippen LogP contribution in [0.3, 0.4) is 0 Å². The molecule has 110 valence electrons. The van der Waals surface area contributed by atoms with E-state index in [0.29, 0.717) is 11.3 Å². The molecule has 0 radical (unpaired) electrons. The molecule has 0 heterocycles. The van der Waals surface area contributed by atoms with Crippen LogP contribution in [0.4, 0.5) is 11.4 Å². The normalized spacial score (nSPS) is 10.5. The molecule has 0 spiro atoms. The van der Waals surface area contributed by atoms with Crippen LogP contribution in [0.25, 0.3) is 0 Å². The number of nitrogens with one attached hydrogen (secondary N) is 1. The van der Waals surface area contributed by atoms with Crippen LogP contribution in [0.15, 0.2) is 42.5 Å². The zero-order valence-electron chi connectivity index (χ0n) is 12.4. The molecular formula is C17H19NO3. The van der Waals surface area contributed by atoms with Crippen molar-refractivity contribution in [2.75, 3.05) is 12.4 Å². The van der Waals surface area contributed by atoms with Gasteiger partial charge in [-0.3, -0.25) is 4.79 Å². The molecule has 2 aromatic rings. The van der Waals surface area contributed by atoms with E-state index in [-0.39, 0.29) is 17.5 Å². The average Bonchev–Trinajstić information content (AvgIpc) is 2.49. The van der Waals surface area contributed by atoms with Crippen LogP contribution in [0, 0.1) is 5.92 Å². The van der Waals surface area contributed by atoms with Gasteiger partial charge in [-0.15, -0.1) is 0 Å². The lowest BCUT2D eigenvalue weighted by atomic mass is 9.99. The third kappa shape index (κ3) is 3.54. The van der Waals surface area contributed by atoms with Crippen molar-refractivity contribution in [1.29, 1.82) is 0 Å². The summed E-state index contributed by atoms with van der Waals surface area (Å²) in [5.41, 5.74) is 2.12. The second-order valence-electron chi connectivity index (χ2n) is 5.10. The van der Waals surface area contributed by atoms with Crippen LogP contribution in [0.2, 0.25) is 0 Å². The van der Waals surface area contributed by atoms with E-state index >= 15 is 0 Å².